The monoisotopic (exact) mass is 290 g/mol. The number of urea groups is 1. The maximum Gasteiger partial charge on any atom is 0.322 e. The molecule has 0 unspecified atom stereocenters. The van der Waals surface area contributed by atoms with Crippen LogP contribution in [0.4, 0.5) is 10.5 Å². The number of aliphatic carboxylic acids is 1. The maximum atomic E-state index is 12.1. The van der Waals surface area contributed by atoms with Crippen LogP contribution in [-0.4, -0.2) is 34.6 Å². The van der Waals surface area contributed by atoms with Gasteiger partial charge in [-0.3, -0.25) is 4.79 Å². The lowest BCUT2D eigenvalue weighted by molar-refractivity contribution is -0.142. The standard InChI is InChI=1S/C16H22N2O3/c1-4-18(13-9-10-13)15(21)17-12-7-5-11(6-8-12)16(2,3)14(19)20/h5-8,13H,4,9-10H2,1-3H3,(H,17,21)(H,19,20). The van der Waals surface area contributed by atoms with E-state index in [1.54, 1.807) is 38.1 Å². The summed E-state index contributed by atoms with van der Waals surface area (Å²) in [7, 11) is 0. The molecule has 0 saturated heterocycles. The van der Waals surface area contributed by atoms with Gasteiger partial charge >= 0.3 is 12.0 Å². The van der Waals surface area contributed by atoms with Gasteiger partial charge in [0.1, 0.15) is 0 Å². The molecule has 0 atom stereocenters. The second-order valence-electron chi connectivity index (χ2n) is 5.95. The molecule has 1 aromatic rings. The summed E-state index contributed by atoms with van der Waals surface area (Å²) in [5.41, 5.74) is 0.456. The Morgan fingerprint density at radius 3 is 2.29 bits per heavy atom. The van der Waals surface area contributed by atoms with E-state index < -0.39 is 11.4 Å². The molecule has 0 radical (unpaired) electrons. The first-order valence-corrected chi connectivity index (χ1v) is 7.27. The lowest BCUT2D eigenvalue weighted by atomic mass is 9.85. The highest BCUT2D eigenvalue weighted by Gasteiger charge is 2.32. The smallest absolute Gasteiger partial charge is 0.322 e. The molecule has 0 aromatic heterocycles. The van der Waals surface area contributed by atoms with E-state index >= 15 is 0 Å². The molecule has 0 heterocycles. The lowest BCUT2D eigenvalue weighted by Crippen LogP contribution is -2.36. The Labute approximate surface area is 125 Å². The first-order chi connectivity index (χ1) is 9.86. The molecule has 1 aliphatic carbocycles. The number of carboxylic acid groups (broad SMARTS) is 1. The van der Waals surface area contributed by atoms with Crippen LogP contribution in [0.1, 0.15) is 39.2 Å². The third-order valence-electron chi connectivity index (χ3n) is 3.98. The summed E-state index contributed by atoms with van der Waals surface area (Å²) in [6, 6.07) is 7.27. The van der Waals surface area contributed by atoms with Gasteiger partial charge in [0, 0.05) is 18.3 Å². The number of hydrogen-bond donors (Lipinski definition) is 2. The summed E-state index contributed by atoms with van der Waals surface area (Å²) in [5.74, 6) is -0.870. The van der Waals surface area contributed by atoms with Gasteiger partial charge in [0.15, 0.2) is 0 Å². The van der Waals surface area contributed by atoms with Gasteiger partial charge in [-0.05, 0) is 51.3 Å². The van der Waals surface area contributed by atoms with Crippen molar-refractivity contribution in [2.24, 2.45) is 0 Å². The number of benzene rings is 1. The molecule has 114 valence electrons. The summed E-state index contributed by atoms with van der Waals surface area (Å²) in [5, 5.41) is 12.1. The van der Waals surface area contributed by atoms with Crippen molar-refractivity contribution in [3.05, 3.63) is 29.8 Å². The minimum absolute atomic E-state index is 0.0924. The fourth-order valence-corrected chi connectivity index (χ4v) is 2.24. The molecule has 0 spiro atoms. The highest BCUT2D eigenvalue weighted by atomic mass is 16.4. The van der Waals surface area contributed by atoms with Crippen molar-refractivity contribution in [3.8, 4) is 0 Å². The first kappa shape index (κ1) is 15.4. The predicted molar refractivity (Wildman–Crippen MR) is 81.5 cm³/mol. The van der Waals surface area contributed by atoms with E-state index in [0.29, 0.717) is 23.8 Å². The van der Waals surface area contributed by atoms with Crippen molar-refractivity contribution < 1.29 is 14.7 Å². The Bertz CT molecular complexity index is 533. The predicted octanol–water partition coefficient (Wildman–Crippen LogP) is 3.07. The number of hydrogen-bond acceptors (Lipinski definition) is 2. The van der Waals surface area contributed by atoms with E-state index in [1.165, 1.54) is 0 Å². The lowest BCUT2D eigenvalue weighted by Gasteiger charge is -2.22. The van der Waals surface area contributed by atoms with Crippen molar-refractivity contribution in [2.75, 3.05) is 11.9 Å². The molecule has 1 saturated carbocycles. The summed E-state index contributed by atoms with van der Waals surface area (Å²) in [6.45, 7) is 5.99. The van der Waals surface area contributed by atoms with Crippen LogP contribution in [0.2, 0.25) is 0 Å². The Balaban J connectivity index is 2.05. The maximum absolute atomic E-state index is 12.1. The third kappa shape index (κ3) is 3.35. The average Bonchev–Trinajstić information content (AvgIpc) is 3.24. The molecule has 5 nitrogen and oxygen atoms in total. The third-order valence-corrected chi connectivity index (χ3v) is 3.98. The molecule has 0 aliphatic heterocycles. The molecule has 21 heavy (non-hydrogen) atoms. The van der Waals surface area contributed by atoms with E-state index in [2.05, 4.69) is 5.32 Å². The molecule has 2 rings (SSSR count). The van der Waals surface area contributed by atoms with Gasteiger partial charge in [0.25, 0.3) is 0 Å². The van der Waals surface area contributed by atoms with Crippen LogP contribution >= 0.6 is 0 Å². The number of carbonyl (C=O) groups excluding carboxylic acids is 1. The summed E-state index contributed by atoms with van der Waals surface area (Å²) >= 11 is 0. The van der Waals surface area contributed by atoms with Crippen molar-refractivity contribution >= 4 is 17.7 Å². The minimum Gasteiger partial charge on any atom is -0.481 e. The molecule has 1 aromatic carbocycles. The molecule has 2 amide bonds. The summed E-state index contributed by atoms with van der Waals surface area (Å²) in [4.78, 5) is 25.2. The number of carboxylic acids is 1. The van der Waals surface area contributed by atoms with Crippen LogP contribution in [0.3, 0.4) is 0 Å². The average molecular weight is 290 g/mol. The summed E-state index contributed by atoms with van der Waals surface area (Å²) in [6.07, 6.45) is 2.15. The topological polar surface area (TPSA) is 69.6 Å². The van der Waals surface area contributed by atoms with Crippen LogP contribution in [0.15, 0.2) is 24.3 Å². The Kier molecular flexibility index (Phi) is 4.21. The molecule has 1 aliphatic rings. The fraction of sp³-hybridized carbons (Fsp3) is 0.500. The van der Waals surface area contributed by atoms with Gasteiger partial charge in [0.2, 0.25) is 0 Å². The first-order valence-electron chi connectivity index (χ1n) is 7.27. The Hall–Kier alpha value is -2.04. The Morgan fingerprint density at radius 2 is 1.86 bits per heavy atom. The zero-order valence-corrected chi connectivity index (χ0v) is 12.7. The van der Waals surface area contributed by atoms with Crippen LogP contribution in [0.25, 0.3) is 0 Å². The van der Waals surface area contributed by atoms with Crippen LogP contribution < -0.4 is 5.32 Å². The largest absolute Gasteiger partial charge is 0.481 e. The quantitative estimate of drug-likeness (QED) is 0.875. The zero-order chi connectivity index (χ0) is 15.6. The molecular weight excluding hydrogens is 268 g/mol. The molecule has 1 fully saturated rings. The van der Waals surface area contributed by atoms with Gasteiger partial charge in [-0.15, -0.1) is 0 Å². The van der Waals surface area contributed by atoms with Gasteiger partial charge in [-0.25, -0.2) is 4.79 Å². The highest BCUT2D eigenvalue weighted by Crippen LogP contribution is 2.28. The van der Waals surface area contributed by atoms with Crippen LogP contribution in [-0.2, 0) is 10.2 Å². The number of rotatable bonds is 5. The Morgan fingerprint density at radius 1 is 1.29 bits per heavy atom. The van der Waals surface area contributed by atoms with E-state index in [0.717, 1.165) is 12.8 Å². The summed E-state index contributed by atoms with van der Waals surface area (Å²) < 4.78 is 0. The van der Waals surface area contributed by atoms with Gasteiger partial charge in [-0.2, -0.15) is 0 Å². The molecule has 2 N–H and O–H groups in total. The highest BCUT2D eigenvalue weighted by molar-refractivity contribution is 5.90. The number of nitrogens with zero attached hydrogens (tertiary/aromatic N) is 1. The van der Waals surface area contributed by atoms with E-state index in [1.807, 2.05) is 11.8 Å². The number of carbonyl (C=O) groups is 2. The van der Waals surface area contributed by atoms with Gasteiger partial charge in [-0.1, -0.05) is 12.1 Å². The number of nitrogens with one attached hydrogen (secondary N) is 1. The number of amides is 2. The minimum atomic E-state index is -0.938. The van der Waals surface area contributed by atoms with Crippen molar-refractivity contribution in [2.45, 2.75) is 45.1 Å². The van der Waals surface area contributed by atoms with Crippen molar-refractivity contribution in [1.29, 1.82) is 0 Å². The van der Waals surface area contributed by atoms with Crippen LogP contribution in [0, 0.1) is 0 Å². The van der Waals surface area contributed by atoms with E-state index in [9.17, 15) is 14.7 Å². The zero-order valence-electron chi connectivity index (χ0n) is 12.7. The van der Waals surface area contributed by atoms with Crippen molar-refractivity contribution in [3.63, 3.8) is 0 Å². The van der Waals surface area contributed by atoms with Gasteiger partial charge in [0.05, 0.1) is 5.41 Å². The normalized spacial score (nSPS) is 14.6. The van der Waals surface area contributed by atoms with E-state index in [4.69, 9.17) is 0 Å². The van der Waals surface area contributed by atoms with Crippen LogP contribution in [0.5, 0.6) is 0 Å². The molecule has 0 bridgehead atoms. The van der Waals surface area contributed by atoms with E-state index in [-0.39, 0.29) is 6.03 Å². The second kappa shape index (κ2) is 5.76. The SMILES string of the molecule is CCN(C(=O)Nc1ccc(C(C)(C)C(=O)O)cc1)C1CC1. The number of anilines is 1. The molecule has 5 heteroatoms. The van der Waals surface area contributed by atoms with Crippen molar-refractivity contribution in [1.82, 2.24) is 4.90 Å². The second-order valence-corrected chi connectivity index (χ2v) is 5.95. The molecular formula is C16H22N2O3. The van der Waals surface area contributed by atoms with Gasteiger partial charge < -0.3 is 15.3 Å². The fourth-order valence-electron chi connectivity index (χ4n) is 2.24.